The van der Waals surface area contributed by atoms with Gasteiger partial charge in [-0.1, -0.05) is 105 Å². The highest BCUT2D eigenvalue weighted by Gasteiger charge is 2.25. The Labute approximate surface area is 295 Å². The largest absolute Gasteiger partial charge is 0.491 e. The number of hydrogen-bond acceptors (Lipinski definition) is 5. The van der Waals surface area contributed by atoms with Crippen LogP contribution in [0.2, 0.25) is 0 Å². The van der Waals surface area contributed by atoms with E-state index in [1.54, 1.807) is 7.11 Å². The van der Waals surface area contributed by atoms with Crippen molar-refractivity contribution in [2.45, 2.75) is 72.9 Å². The molecular formula is C44H48N2O4. The summed E-state index contributed by atoms with van der Waals surface area (Å²) in [6, 6.07) is 27.6. The maximum atomic E-state index is 14.6. The molecule has 0 bridgehead atoms. The minimum absolute atomic E-state index is 0.0269. The lowest BCUT2D eigenvalue weighted by Gasteiger charge is -2.19. The number of unbranched alkanes of at least 4 members (excludes halogenated alkanes) is 1. The summed E-state index contributed by atoms with van der Waals surface area (Å²) in [5.74, 6) is 1.15. The Bertz CT molecular complexity index is 2160. The number of para-hydroxylation sites is 1. The zero-order valence-electron chi connectivity index (χ0n) is 30.2. The van der Waals surface area contributed by atoms with Gasteiger partial charge in [0.15, 0.2) is 5.78 Å². The smallest absolute Gasteiger partial charge is 0.194 e. The number of carbonyl (C=O) groups excluding carboxylic acids is 1. The van der Waals surface area contributed by atoms with Crippen LogP contribution in [0.1, 0.15) is 89.3 Å². The van der Waals surface area contributed by atoms with Crippen molar-refractivity contribution in [1.82, 2.24) is 4.57 Å². The van der Waals surface area contributed by atoms with Gasteiger partial charge in [0.25, 0.3) is 0 Å². The molecule has 258 valence electrons. The number of ketones is 1. The first-order valence-electron chi connectivity index (χ1n) is 17.9. The highest BCUT2D eigenvalue weighted by Crippen LogP contribution is 2.41. The predicted molar refractivity (Wildman–Crippen MR) is 206 cm³/mol. The molecule has 6 nitrogen and oxygen atoms in total. The normalized spacial score (nSPS) is 12.8. The number of aromatic nitrogens is 1. The van der Waals surface area contributed by atoms with Crippen molar-refractivity contribution in [3.05, 3.63) is 129 Å². The fourth-order valence-electron chi connectivity index (χ4n) is 7.75. The molecule has 1 aromatic heterocycles. The molecule has 0 amide bonds. The Morgan fingerprint density at radius 3 is 2.24 bits per heavy atom. The van der Waals surface area contributed by atoms with Crippen molar-refractivity contribution in [2.24, 2.45) is 11.1 Å². The van der Waals surface area contributed by atoms with Gasteiger partial charge >= 0.3 is 0 Å². The van der Waals surface area contributed by atoms with Gasteiger partial charge in [-0.15, -0.1) is 4.91 Å². The minimum Gasteiger partial charge on any atom is -0.491 e. The van der Waals surface area contributed by atoms with Crippen LogP contribution >= 0.6 is 0 Å². The molecule has 5 aromatic carbocycles. The number of aryl methyl sites for hydroxylation is 3. The molecule has 2 unspecified atom stereocenters. The third-order valence-corrected chi connectivity index (χ3v) is 10.2. The number of fused-ring (bicyclic) bond motifs is 5. The molecule has 50 heavy (non-hydrogen) atoms. The van der Waals surface area contributed by atoms with Crippen LogP contribution in [-0.4, -0.2) is 30.7 Å². The van der Waals surface area contributed by atoms with Crippen LogP contribution in [0.25, 0.3) is 32.6 Å². The molecule has 1 heterocycles. The Kier molecular flexibility index (Phi) is 10.8. The number of rotatable bonds is 15. The molecule has 6 rings (SSSR count). The van der Waals surface area contributed by atoms with E-state index >= 15 is 0 Å². The quantitative estimate of drug-likeness (QED) is 0.0620. The molecule has 6 aromatic rings. The summed E-state index contributed by atoms with van der Waals surface area (Å²) in [4.78, 5) is 27.3. The SMILES string of the molecule is CCCCC(CC)Cn1c2ccc(C(N=O)c3ccccc3OCCOC)cc2c2cc(C(=O)c3c(C)cc(C)cc3C)c3ccccc3c21. The molecule has 0 spiro atoms. The Morgan fingerprint density at radius 1 is 0.820 bits per heavy atom. The van der Waals surface area contributed by atoms with Crippen molar-refractivity contribution < 1.29 is 14.3 Å². The third-order valence-electron chi connectivity index (χ3n) is 10.2. The molecule has 0 aliphatic heterocycles. The van der Waals surface area contributed by atoms with E-state index in [2.05, 4.69) is 79.0 Å². The number of nitroso groups, excluding NO2 is 1. The summed E-state index contributed by atoms with van der Waals surface area (Å²) in [6.07, 6.45) is 4.59. The first-order valence-corrected chi connectivity index (χ1v) is 17.9. The first-order chi connectivity index (χ1) is 24.3. The third kappa shape index (κ3) is 6.69. The van der Waals surface area contributed by atoms with Gasteiger partial charge in [-0.25, -0.2) is 0 Å². The van der Waals surface area contributed by atoms with E-state index < -0.39 is 6.04 Å². The van der Waals surface area contributed by atoms with E-state index in [1.165, 1.54) is 6.42 Å². The van der Waals surface area contributed by atoms with Gasteiger partial charge in [-0.05, 0) is 79.5 Å². The number of nitrogens with zero attached hydrogens (tertiary/aromatic N) is 2. The summed E-state index contributed by atoms with van der Waals surface area (Å²) in [5, 5.41) is 7.66. The Hall–Kier alpha value is -4.81. The van der Waals surface area contributed by atoms with Gasteiger partial charge in [0, 0.05) is 52.0 Å². The molecule has 0 aliphatic rings. The van der Waals surface area contributed by atoms with Crippen LogP contribution in [0.3, 0.4) is 0 Å². The summed E-state index contributed by atoms with van der Waals surface area (Å²) in [6.45, 7) is 12.3. The van der Waals surface area contributed by atoms with Crippen molar-refractivity contribution in [2.75, 3.05) is 20.3 Å². The number of ether oxygens (including phenoxy) is 2. The van der Waals surface area contributed by atoms with Gasteiger partial charge < -0.3 is 14.0 Å². The summed E-state index contributed by atoms with van der Waals surface area (Å²) >= 11 is 0. The summed E-state index contributed by atoms with van der Waals surface area (Å²) < 4.78 is 13.7. The molecule has 0 radical (unpaired) electrons. The van der Waals surface area contributed by atoms with Crippen LogP contribution in [0, 0.1) is 31.6 Å². The molecule has 0 saturated carbocycles. The fourth-order valence-corrected chi connectivity index (χ4v) is 7.75. The Balaban J connectivity index is 1.61. The van der Waals surface area contributed by atoms with Crippen LogP contribution in [0.4, 0.5) is 0 Å². The van der Waals surface area contributed by atoms with Gasteiger partial charge in [-0.3, -0.25) is 4.79 Å². The summed E-state index contributed by atoms with van der Waals surface area (Å²) in [7, 11) is 1.63. The van der Waals surface area contributed by atoms with E-state index in [0.29, 0.717) is 36.0 Å². The molecule has 6 heteroatoms. The molecule has 0 fully saturated rings. The zero-order chi connectivity index (χ0) is 35.4. The second-order valence-electron chi connectivity index (χ2n) is 13.7. The van der Waals surface area contributed by atoms with Crippen molar-refractivity contribution in [3.8, 4) is 5.75 Å². The van der Waals surface area contributed by atoms with E-state index in [1.807, 2.05) is 50.2 Å². The van der Waals surface area contributed by atoms with E-state index in [9.17, 15) is 9.70 Å². The molecule has 0 aliphatic carbocycles. The number of hydrogen-bond donors (Lipinski definition) is 0. The number of methoxy groups -OCH3 is 1. The van der Waals surface area contributed by atoms with Crippen LogP contribution in [0.15, 0.2) is 90.1 Å². The number of carbonyl (C=O) groups is 1. The second-order valence-corrected chi connectivity index (χ2v) is 13.7. The van der Waals surface area contributed by atoms with Crippen molar-refractivity contribution in [3.63, 3.8) is 0 Å². The lowest BCUT2D eigenvalue weighted by Crippen LogP contribution is -2.11. The lowest BCUT2D eigenvalue weighted by atomic mass is 9.89. The first kappa shape index (κ1) is 35.0. The molecule has 0 saturated heterocycles. The van der Waals surface area contributed by atoms with Crippen LogP contribution in [-0.2, 0) is 11.3 Å². The average Bonchev–Trinajstić information content (AvgIpc) is 3.42. The molecule has 0 N–H and O–H groups in total. The minimum atomic E-state index is -0.774. The molecular weight excluding hydrogens is 620 g/mol. The zero-order valence-corrected chi connectivity index (χ0v) is 30.2. The monoisotopic (exact) mass is 668 g/mol. The standard InChI is InChI=1S/C44H48N2O4/c1-7-9-14-31(8-2)27-46-39-20-19-32(42(45-48)35-17-12-13-18-40(35)50-22-21-49-6)25-36(39)37-26-38(33-15-10-11-16-34(33)43(37)46)44(47)41-29(4)23-28(3)24-30(41)5/h10-13,15-20,23-26,31,42H,7-9,14,21-22,27H2,1-6H3. The molecule has 2 atom stereocenters. The van der Waals surface area contributed by atoms with E-state index in [0.717, 1.165) is 86.2 Å². The van der Waals surface area contributed by atoms with Gasteiger partial charge in [0.2, 0.25) is 0 Å². The maximum absolute atomic E-state index is 14.6. The number of benzene rings is 5. The highest BCUT2D eigenvalue weighted by atomic mass is 16.5. The van der Waals surface area contributed by atoms with E-state index in [4.69, 9.17) is 9.47 Å². The highest BCUT2D eigenvalue weighted by molar-refractivity contribution is 6.26. The van der Waals surface area contributed by atoms with Gasteiger partial charge in [0.1, 0.15) is 18.4 Å². The second kappa shape index (κ2) is 15.4. The van der Waals surface area contributed by atoms with Crippen molar-refractivity contribution in [1.29, 1.82) is 0 Å². The maximum Gasteiger partial charge on any atom is 0.194 e. The fraction of sp³-hybridized carbons (Fsp3) is 0.341. The lowest BCUT2D eigenvalue weighted by molar-refractivity contribution is 0.103. The van der Waals surface area contributed by atoms with Crippen LogP contribution < -0.4 is 4.74 Å². The summed E-state index contributed by atoms with van der Waals surface area (Å²) in [5.41, 5.74) is 8.24. The van der Waals surface area contributed by atoms with Crippen molar-refractivity contribution >= 4 is 38.4 Å². The Morgan fingerprint density at radius 2 is 1.54 bits per heavy atom. The average molecular weight is 669 g/mol. The van der Waals surface area contributed by atoms with Crippen LogP contribution in [0.5, 0.6) is 5.75 Å². The predicted octanol–water partition coefficient (Wildman–Crippen LogP) is 11.2. The topological polar surface area (TPSA) is 69.9 Å². The van der Waals surface area contributed by atoms with E-state index in [-0.39, 0.29) is 5.78 Å². The van der Waals surface area contributed by atoms with Gasteiger partial charge in [-0.2, -0.15) is 0 Å². The van der Waals surface area contributed by atoms with Gasteiger partial charge in [0.05, 0.1) is 12.1 Å².